The van der Waals surface area contributed by atoms with Crippen LogP contribution in [0.25, 0.3) is 0 Å². The largest absolute Gasteiger partial charge is 0.398 e. The predicted octanol–water partition coefficient (Wildman–Crippen LogP) is 2.81. The van der Waals surface area contributed by atoms with Crippen LogP contribution < -0.4 is 22.5 Å². The SMILES string of the molecule is Cc1cc(C(=O)Nc2ccc(N)c(C(=N)c3ccncc3)c2)cc(N)c1N. The zero-order valence-corrected chi connectivity index (χ0v) is 14.8. The van der Waals surface area contributed by atoms with Crippen LogP contribution >= 0.6 is 0 Å². The van der Waals surface area contributed by atoms with Crippen molar-refractivity contribution in [2.24, 2.45) is 0 Å². The van der Waals surface area contributed by atoms with E-state index in [9.17, 15) is 4.79 Å². The fourth-order valence-corrected chi connectivity index (χ4v) is 2.68. The second-order valence-corrected chi connectivity index (χ2v) is 6.16. The molecule has 0 aliphatic heterocycles. The molecule has 7 heteroatoms. The van der Waals surface area contributed by atoms with E-state index in [0.29, 0.717) is 39.4 Å². The Hall–Kier alpha value is -3.87. The Labute approximate surface area is 156 Å². The van der Waals surface area contributed by atoms with Crippen LogP contribution in [-0.4, -0.2) is 16.6 Å². The number of nitrogens with zero attached hydrogens (tertiary/aromatic N) is 1. The Kier molecular flexibility index (Phi) is 4.76. The summed E-state index contributed by atoms with van der Waals surface area (Å²) in [6.45, 7) is 1.79. The van der Waals surface area contributed by atoms with Crippen LogP contribution in [0.4, 0.5) is 22.7 Å². The molecule has 1 amide bonds. The lowest BCUT2D eigenvalue weighted by Gasteiger charge is -2.12. The Morgan fingerprint density at radius 2 is 1.67 bits per heavy atom. The van der Waals surface area contributed by atoms with Gasteiger partial charge in [0.15, 0.2) is 0 Å². The van der Waals surface area contributed by atoms with Gasteiger partial charge in [-0.15, -0.1) is 0 Å². The maximum atomic E-state index is 12.6. The number of amides is 1. The topological polar surface area (TPSA) is 144 Å². The van der Waals surface area contributed by atoms with Crippen molar-refractivity contribution in [3.05, 3.63) is 77.1 Å². The molecule has 1 aromatic heterocycles. The number of hydrogen-bond donors (Lipinski definition) is 5. The predicted molar refractivity (Wildman–Crippen MR) is 109 cm³/mol. The average molecular weight is 360 g/mol. The van der Waals surface area contributed by atoms with E-state index < -0.39 is 0 Å². The fourth-order valence-electron chi connectivity index (χ4n) is 2.68. The molecular formula is C20H20N6O. The van der Waals surface area contributed by atoms with Crippen molar-refractivity contribution in [2.45, 2.75) is 6.92 Å². The minimum Gasteiger partial charge on any atom is -0.398 e. The number of anilines is 4. The van der Waals surface area contributed by atoms with Crippen LogP contribution in [0.3, 0.4) is 0 Å². The summed E-state index contributed by atoms with van der Waals surface area (Å²) in [5.41, 5.74) is 22.1. The normalized spacial score (nSPS) is 10.4. The number of nitrogen functional groups attached to an aromatic ring is 3. The molecule has 0 radical (unpaired) electrons. The molecule has 7 nitrogen and oxygen atoms in total. The highest BCUT2D eigenvalue weighted by Gasteiger charge is 2.13. The highest BCUT2D eigenvalue weighted by molar-refractivity contribution is 6.15. The Morgan fingerprint density at radius 3 is 2.33 bits per heavy atom. The van der Waals surface area contributed by atoms with Crippen molar-refractivity contribution in [1.29, 1.82) is 5.41 Å². The molecule has 0 atom stereocenters. The van der Waals surface area contributed by atoms with Gasteiger partial charge in [-0.2, -0.15) is 0 Å². The first-order chi connectivity index (χ1) is 12.9. The highest BCUT2D eigenvalue weighted by atomic mass is 16.1. The van der Waals surface area contributed by atoms with E-state index in [0.717, 1.165) is 5.56 Å². The molecule has 0 aliphatic carbocycles. The first kappa shape index (κ1) is 17.9. The van der Waals surface area contributed by atoms with E-state index in [1.54, 1.807) is 55.7 Å². The molecule has 1 heterocycles. The molecular weight excluding hydrogens is 340 g/mol. The van der Waals surface area contributed by atoms with E-state index in [2.05, 4.69) is 10.3 Å². The molecule has 2 aromatic carbocycles. The Morgan fingerprint density at radius 1 is 0.963 bits per heavy atom. The highest BCUT2D eigenvalue weighted by Crippen LogP contribution is 2.24. The number of aryl methyl sites for hydroxylation is 1. The third kappa shape index (κ3) is 3.72. The van der Waals surface area contributed by atoms with E-state index in [4.69, 9.17) is 22.6 Å². The smallest absolute Gasteiger partial charge is 0.255 e. The Bertz CT molecular complexity index is 1010. The Balaban J connectivity index is 1.88. The molecule has 0 saturated heterocycles. The van der Waals surface area contributed by atoms with Gasteiger partial charge in [0, 0.05) is 40.5 Å². The van der Waals surface area contributed by atoms with Crippen LogP contribution in [0.15, 0.2) is 54.9 Å². The van der Waals surface area contributed by atoms with Gasteiger partial charge in [0.05, 0.1) is 17.1 Å². The number of hydrogen-bond acceptors (Lipinski definition) is 6. The first-order valence-corrected chi connectivity index (χ1v) is 8.22. The molecule has 8 N–H and O–H groups in total. The van der Waals surface area contributed by atoms with E-state index in [-0.39, 0.29) is 11.6 Å². The van der Waals surface area contributed by atoms with Gasteiger partial charge in [-0.3, -0.25) is 15.2 Å². The zero-order chi connectivity index (χ0) is 19.6. The van der Waals surface area contributed by atoms with Crippen molar-refractivity contribution in [3.8, 4) is 0 Å². The molecule has 27 heavy (non-hydrogen) atoms. The quantitative estimate of drug-likeness (QED) is 0.359. The number of rotatable bonds is 4. The summed E-state index contributed by atoms with van der Waals surface area (Å²) >= 11 is 0. The number of carbonyl (C=O) groups excluding carboxylic acids is 1. The van der Waals surface area contributed by atoms with Crippen molar-refractivity contribution >= 4 is 34.4 Å². The van der Waals surface area contributed by atoms with Gasteiger partial charge in [-0.05, 0) is 55.0 Å². The van der Waals surface area contributed by atoms with Crippen molar-refractivity contribution in [2.75, 3.05) is 22.5 Å². The van der Waals surface area contributed by atoms with Gasteiger partial charge in [-0.25, -0.2) is 0 Å². The maximum Gasteiger partial charge on any atom is 0.255 e. The number of benzene rings is 2. The molecule has 0 bridgehead atoms. The second-order valence-electron chi connectivity index (χ2n) is 6.16. The molecule has 0 spiro atoms. The molecule has 3 aromatic rings. The van der Waals surface area contributed by atoms with Crippen molar-refractivity contribution in [3.63, 3.8) is 0 Å². The maximum absolute atomic E-state index is 12.6. The monoisotopic (exact) mass is 360 g/mol. The molecule has 0 aliphatic rings. The average Bonchev–Trinajstić information content (AvgIpc) is 2.67. The summed E-state index contributed by atoms with van der Waals surface area (Å²) in [5, 5.41) is 11.2. The van der Waals surface area contributed by atoms with Gasteiger partial charge in [0.1, 0.15) is 0 Å². The number of nitrogens with two attached hydrogens (primary N) is 3. The van der Waals surface area contributed by atoms with Gasteiger partial charge < -0.3 is 22.5 Å². The second kappa shape index (κ2) is 7.17. The van der Waals surface area contributed by atoms with E-state index in [1.165, 1.54) is 6.07 Å². The summed E-state index contributed by atoms with van der Waals surface area (Å²) < 4.78 is 0. The van der Waals surface area contributed by atoms with Crippen LogP contribution in [0, 0.1) is 12.3 Å². The summed E-state index contributed by atoms with van der Waals surface area (Å²) in [4.78, 5) is 16.5. The van der Waals surface area contributed by atoms with Gasteiger partial charge in [0.2, 0.25) is 0 Å². The van der Waals surface area contributed by atoms with Crippen molar-refractivity contribution in [1.82, 2.24) is 4.98 Å². The molecule has 0 saturated carbocycles. The first-order valence-electron chi connectivity index (χ1n) is 8.22. The van der Waals surface area contributed by atoms with Crippen LogP contribution in [0.1, 0.15) is 27.0 Å². The number of nitrogens with one attached hydrogen (secondary N) is 2. The molecule has 0 unspecified atom stereocenters. The number of aromatic nitrogens is 1. The molecule has 136 valence electrons. The van der Waals surface area contributed by atoms with Gasteiger partial charge in [-0.1, -0.05) is 0 Å². The molecule has 0 fully saturated rings. The standard InChI is InChI=1S/C20H20N6O/c1-11-8-13(9-17(22)18(11)23)20(27)26-14-2-3-16(21)15(10-14)19(24)12-4-6-25-7-5-12/h2-10,24H,21-23H2,1H3,(H,26,27). The summed E-state index contributed by atoms with van der Waals surface area (Å²) in [7, 11) is 0. The minimum absolute atomic E-state index is 0.249. The zero-order valence-electron chi connectivity index (χ0n) is 14.8. The summed E-state index contributed by atoms with van der Waals surface area (Å²) in [6.07, 6.45) is 3.22. The van der Waals surface area contributed by atoms with E-state index in [1.807, 2.05) is 0 Å². The minimum atomic E-state index is -0.323. The third-order valence-corrected chi connectivity index (χ3v) is 4.23. The number of pyridine rings is 1. The third-order valence-electron chi connectivity index (χ3n) is 4.23. The summed E-state index contributed by atoms with van der Waals surface area (Å²) in [5.74, 6) is -0.323. The van der Waals surface area contributed by atoms with Crippen LogP contribution in [0.2, 0.25) is 0 Å². The van der Waals surface area contributed by atoms with Gasteiger partial charge >= 0.3 is 0 Å². The van der Waals surface area contributed by atoms with Crippen molar-refractivity contribution < 1.29 is 4.79 Å². The van der Waals surface area contributed by atoms with Gasteiger partial charge in [0.25, 0.3) is 5.91 Å². The van der Waals surface area contributed by atoms with Crippen LogP contribution in [0.5, 0.6) is 0 Å². The lowest BCUT2D eigenvalue weighted by atomic mass is 10.0. The summed E-state index contributed by atoms with van der Waals surface area (Å²) in [6, 6.07) is 11.7. The lowest BCUT2D eigenvalue weighted by Crippen LogP contribution is -2.14. The van der Waals surface area contributed by atoms with E-state index >= 15 is 0 Å². The van der Waals surface area contributed by atoms with Crippen LogP contribution in [-0.2, 0) is 0 Å². The fraction of sp³-hybridized carbons (Fsp3) is 0.0500. The molecule has 3 rings (SSSR count). The lowest BCUT2D eigenvalue weighted by molar-refractivity contribution is 0.102. The number of carbonyl (C=O) groups is 1.